The number of aromatic hydroxyl groups is 1. The summed E-state index contributed by atoms with van der Waals surface area (Å²) in [6.45, 7) is 4.41. The zero-order chi connectivity index (χ0) is 40.4. The Kier molecular flexibility index (Phi) is 13.8. The van der Waals surface area contributed by atoms with Crippen molar-refractivity contribution in [2.45, 2.75) is 76.0 Å². The normalized spacial score (nSPS) is 18.6. The molecule has 10 nitrogen and oxygen atoms in total. The van der Waals surface area contributed by atoms with E-state index in [1.54, 1.807) is 23.1 Å². The van der Waals surface area contributed by atoms with Gasteiger partial charge in [0.25, 0.3) is 0 Å². The number of aromatic amines is 1. The van der Waals surface area contributed by atoms with E-state index in [0.29, 0.717) is 46.8 Å². The van der Waals surface area contributed by atoms with Crippen molar-refractivity contribution in [1.82, 2.24) is 20.1 Å². The quantitative estimate of drug-likeness (QED) is 0.0525. The molecule has 306 valence electrons. The van der Waals surface area contributed by atoms with Gasteiger partial charge < -0.3 is 35.3 Å². The van der Waals surface area contributed by atoms with E-state index in [2.05, 4.69) is 15.2 Å². The molecule has 1 aromatic heterocycles. The lowest BCUT2D eigenvalue weighted by Crippen LogP contribution is -2.59. The summed E-state index contributed by atoms with van der Waals surface area (Å²) in [5.74, 6) is 0.588. The smallest absolute Gasteiger partial charge is 0.408 e. The van der Waals surface area contributed by atoms with E-state index >= 15 is 0 Å². The first-order valence-electron chi connectivity index (χ1n) is 20.8. The number of carbonyl (C=O) groups is 1. The largest absolute Gasteiger partial charge is 0.506 e. The van der Waals surface area contributed by atoms with Crippen LogP contribution in [0, 0.1) is 11.7 Å². The number of ether oxygens (including phenoxy) is 1. The lowest BCUT2D eigenvalue weighted by Gasteiger charge is -2.50. The number of nitrogens with one attached hydrogen (secondary N) is 2. The van der Waals surface area contributed by atoms with Crippen molar-refractivity contribution in [2.24, 2.45) is 5.92 Å². The lowest BCUT2D eigenvalue weighted by atomic mass is 9.81. The molecule has 0 spiro atoms. The van der Waals surface area contributed by atoms with E-state index in [0.717, 1.165) is 101 Å². The van der Waals surface area contributed by atoms with E-state index < -0.39 is 18.2 Å². The van der Waals surface area contributed by atoms with Crippen LogP contribution in [0.25, 0.3) is 22.0 Å². The number of aliphatic hydroxyl groups is 1. The number of nitrogens with zero attached hydrogens (tertiary/aromatic N) is 2. The molecular formula is C47H55FN4O6. The second-order valence-electron chi connectivity index (χ2n) is 15.8. The maximum absolute atomic E-state index is 14.5. The maximum atomic E-state index is 14.5. The number of carboxylic acid groups (broad SMARTS) is 1. The van der Waals surface area contributed by atoms with Gasteiger partial charge in [-0.25, -0.2) is 9.18 Å². The van der Waals surface area contributed by atoms with Gasteiger partial charge >= 0.3 is 6.09 Å². The summed E-state index contributed by atoms with van der Waals surface area (Å²) in [6, 6.07) is 27.7. The average Bonchev–Trinajstić information content (AvgIpc) is 3.23. The van der Waals surface area contributed by atoms with Gasteiger partial charge in [0.1, 0.15) is 17.3 Å². The molecule has 5 N–H and O–H groups in total. The Bertz CT molecular complexity index is 2190. The minimum Gasteiger partial charge on any atom is -0.506 e. The van der Waals surface area contributed by atoms with Crippen molar-refractivity contribution in [1.29, 1.82) is 0 Å². The SMILES string of the molecule is O=C(O)N(C(c1ccccc1)c1cc(OCCCCCCCCCNC[C@H](O)c2ccc(O)c3[nH]c(=O)ccc23)cc(-c2cccc(F)c2)c1)[C@H]1CN2CCC1CC2. The van der Waals surface area contributed by atoms with Crippen LogP contribution in [-0.2, 0) is 0 Å². The second kappa shape index (κ2) is 19.5. The summed E-state index contributed by atoms with van der Waals surface area (Å²) in [5.41, 5.74) is 3.86. The van der Waals surface area contributed by atoms with Crippen LogP contribution >= 0.6 is 0 Å². The Morgan fingerprint density at radius 2 is 1.62 bits per heavy atom. The Morgan fingerprint density at radius 3 is 2.34 bits per heavy atom. The van der Waals surface area contributed by atoms with Gasteiger partial charge in [-0.15, -0.1) is 0 Å². The number of rotatable bonds is 19. The molecule has 3 aliphatic rings. The number of amides is 1. The van der Waals surface area contributed by atoms with Crippen molar-refractivity contribution in [3.05, 3.63) is 130 Å². The number of hydrogen-bond donors (Lipinski definition) is 5. The molecule has 5 aromatic rings. The lowest BCUT2D eigenvalue weighted by molar-refractivity contribution is -0.000806. The third-order valence-electron chi connectivity index (χ3n) is 11.9. The molecule has 1 unspecified atom stereocenters. The molecule has 3 saturated heterocycles. The molecular weight excluding hydrogens is 736 g/mol. The van der Waals surface area contributed by atoms with E-state index in [-0.39, 0.29) is 23.2 Å². The van der Waals surface area contributed by atoms with Gasteiger partial charge in [0.2, 0.25) is 5.56 Å². The van der Waals surface area contributed by atoms with Gasteiger partial charge in [-0.3, -0.25) is 9.69 Å². The number of aliphatic hydroxyl groups excluding tert-OH is 1. The monoisotopic (exact) mass is 790 g/mol. The number of phenolic OH excluding ortho intramolecular Hbond substituents is 1. The van der Waals surface area contributed by atoms with Crippen LogP contribution in [0.4, 0.5) is 9.18 Å². The molecule has 4 aromatic carbocycles. The number of hydrogen-bond acceptors (Lipinski definition) is 7. The highest BCUT2D eigenvalue weighted by Crippen LogP contribution is 2.41. The number of unbranched alkanes of at least 4 members (excludes halogenated alkanes) is 6. The van der Waals surface area contributed by atoms with Gasteiger partial charge in [0, 0.05) is 24.5 Å². The van der Waals surface area contributed by atoms with Crippen LogP contribution in [0.2, 0.25) is 0 Å². The van der Waals surface area contributed by atoms with Crippen LogP contribution in [0.15, 0.2) is 102 Å². The van der Waals surface area contributed by atoms with Gasteiger partial charge in [-0.2, -0.15) is 0 Å². The summed E-state index contributed by atoms with van der Waals surface area (Å²) >= 11 is 0. The summed E-state index contributed by atoms with van der Waals surface area (Å²) < 4.78 is 20.9. The number of aromatic nitrogens is 1. The van der Waals surface area contributed by atoms with Crippen molar-refractivity contribution >= 4 is 17.0 Å². The fourth-order valence-electron chi connectivity index (χ4n) is 8.86. The highest BCUT2D eigenvalue weighted by Gasteiger charge is 2.43. The summed E-state index contributed by atoms with van der Waals surface area (Å²) in [4.78, 5) is 31.6. The molecule has 3 fully saturated rings. The minimum absolute atomic E-state index is 0.0247. The molecule has 0 aliphatic carbocycles. The molecule has 3 aliphatic heterocycles. The molecule has 1 amide bonds. The Hall–Kier alpha value is -5.23. The minimum atomic E-state index is -0.943. The Balaban J connectivity index is 0.920. The molecule has 3 atom stereocenters. The predicted octanol–water partition coefficient (Wildman–Crippen LogP) is 8.64. The third-order valence-corrected chi connectivity index (χ3v) is 11.9. The van der Waals surface area contributed by atoms with Crippen molar-refractivity contribution in [3.63, 3.8) is 0 Å². The summed E-state index contributed by atoms with van der Waals surface area (Å²) in [7, 11) is 0. The number of pyridine rings is 1. The fraction of sp³-hybridized carbons (Fsp3) is 0.404. The van der Waals surface area contributed by atoms with E-state index in [1.165, 1.54) is 24.3 Å². The number of H-pyrrole nitrogens is 1. The Labute approximate surface area is 339 Å². The highest BCUT2D eigenvalue weighted by atomic mass is 19.1. The van der Waals surface area contributed by atoms with E-state index in [1.807, 2.05) is 54.6 Å². The topological polar surface area (TPSA) is 138 Å². The van der Waals surface area contributed by atoms with Crippen LogP contribution in [0.1, 0.15) is 86.6 Å². The Morgan fingerprint density at radius 1 is 0.862 bits per heavy atom. The van der Waals surface area contributed by atoms with Crippen molar-refractivity contribution in [2.75, 3.05) is 39.3 Å². The number of phenols is 1. The van der Waals surface area contributed by atoms with Crippen LogP contribution in [0.5, 0.6) is 11.5 Å². The standard InChI is InChI=1S/C47H55FN4O6/c48-37-15-11-14-34(27-37)35-26-36(46(33-12-7-6-8-13-33)52(47(56)57)41-31-51-23-20-32(41)21-24-51)29-38(28-35)58-25-10-5-3-1-2-4-9-22-49-30-43(54)39-16-18-42(53)45-40(39)17-19-44(55)50-45/h6-8,11-19,26-29,32,41,43,46,49,53-54H,1-5,9-10,20-25,30-31H2,(H,50,55)(H,56,57)/t41-,43-,46?/m0/s1. The van der Waals surface area contributed by atoms with Crippen LogP contribution in [-0.4, -0.2) is 81.6 Å². The van der Waals surface area contributed by atoms with Crippen molar-refractivity contribution in [3.8, 4) is 22.6 Å². The molecule has 8 rings (SSSR count). The third kappa shape index (κ3) is 10.1. The van der Waals surface area contributed by atoms with Crippen molar-refractivity contribution < 1.29 is 29.2 Å². The highest BCUT2D eigenvalue weighted by molar-refractivity contribution is 5.87. The first-order chi connectivity index (χ1) is 28.2. The van der Waals surface area contributed by atoms with E-state index in [4.69, 9.17) is 4.74 Å². The summed E-state index contributed by atoms with van der Waals surface area (Å²) in [6.07, 6.45) is 7.54. The first-order valence-corrected chi connectivity index (χ1v) is 20.8. The molecule has 4 heterocycles. The van der Waals surface area contributed by atoms with Crippen LogP contribution < -0.4 is 15.6 Å². The predicted molar refractivity (Wildman–Crippen MR) is 225 cm³/mol. The number of piperidine rings is 3. The number of halogens is 1. The summed E-state index contributed by atoms with van der Waals surface area (Å²) in [5, 5.41) is 35.7. The van der Waals surface area contributed by atoms with Gasteiger partial charge in [0.05, 0.1) is 30.3 Å². The number of benzene rings is 4. The molecule has 0 saturated carbocycles. The van der Waals surface area contributed by atoms with Gasteiger partial charge in [-0.1, -0.05) is 80.6 Å². The molecule has 0 radical (unpaired) electrons. The van der Waals surface area contributed by atoms with E-state index in [9.17, 15) is 29.3 Å². The average molecular weight is 791 g/mol. The maximum Gasteiger partial charge on any atom is 0.408 e. The first kappa shape index (κ1) is 40.9. The number of fused-ring (bicyclic) bond motifs is 4. The molecule has 58 heavy (non-hydrogen) atoms. The second-order valence-corrected chi connectivity index (χ2v) is 15.8. The zero-order valence-electron chi connectivity index (χ0n) is 33.0. The van der Waals surface area contributed by atoms with Crippen LogP contribution in [0.3, 0.4) is 0 Å². The zero-order valence-corrected chi connectivity index (χ0v) is 33.0. The molecule has 11 heteroatoms. The molecule has 2 bridgehead atoms. The fourth-order valence-corrected chi connectivity index (χ4v) is 8.86. The van der Waals surface area contributed by atoms with Gasteiger partial charge in [-0.05, 0) is 122 Å². The van der Waals surface area contributed by atoms with Gasteiger partial charge in [0.15, 0.2) is 0 Å².